The fourth-order valence-electron chi connectivity index (χ4n) is 4.62. The van der Waals surface area contributed by atoms with Crippen LogP contribution in [0.2, 0.25) is 0 Å². The van der Waals surface area contributed by atoms with Crippen molar-refractivity contribution >= 4 is 0 Å². The Bertz CT molecular complexity index is 526. The lowest BCUT2D eigenvalue weighted by atomic mass is 9.68. The third-order valence-corrected chi connectivity index (χ3v) is 9.74. The molecule has 0 aromatic rings. The molecular formula is C42H84. The SMILES string of the molecule is CC1CC(C)C1C.CC1CC(C)C1C.CC=CC(C)CC.CC=CC(C)CC.CC=CC(C)CC.CC=CC(C)CC. The summed E-state index contributed by atoms with van der Waals surface area (Å²) in [6.45, 7) is 40.0. The maximum atomic E-state index is 2.35. The van der Waals surface area contributed by atoms with Crippen molar-refractivity contribution in [2.75, 3.05) is 0 Å². The molecule has 2 rings (SSSR count). The molecule has 0 heteroatoms. The van der Waals surface area contributed by atoms with Crippen LogP contribution in [0.25, 0.3) is 0 Å². The van der Waals surface area contributed by atoms with Gasteiger partial charge in [-0.3, -0.25) is 0 Å². The molecule has 8 unspecified atom stereocenters. The van der Waals surface area contributed by atoms with Crippen LogP contribution in [0.1, 0.15) is 163 Å². The summed E-state index contributed by atoms with van der Waals surface area (Å²) in [6, 6.07) is 0. The van der Waals surface area contributed by atoms with Gasteiger partial charge in [0.2, 0.25) is 0 Å². The number of hydrogen-bond donors (Lipinski definition) is 0. The topological polar surface area (TPSA) is 0 Å². The van der Waals surface area contributed by atoms with Gasteiger partial charge >= 0.3 is 0 Å². The molecule has 0 nitrogen and oxygen atoms in total. The summed E-state index contributed by atoms with van der Waals surface area (Å²) >= 11 is 0. The van der Waals surface area contributed by atoms with Crippen molar-refractivity contribution in [1.82, 2.24) is 0 Å². The van der Waals surface area contributed by atoms with Crippen molar-refractivity contribution in [2.45, 2.75) is 163 Å². The molecule has 0 N–H and O–H groups in total. The zero-order chi connectivity index (χ0) is 33.7. The van der Waals surface area contributed by atoms with Crippen molar-refractivity contribution in [1.29, 1.82) is 0 Å². The van der Waals surface area contributed by atoms with Crippen LogP contribution in [0.3, 0.4) is 0 Å². The van der Waals surface area contributed by atoms with E-state index in [1.165, 1.54) is 38.5 Å². The van der Waals surface area contributed by atoms with Crippen molar-refractivity contribution in [3.8, 4) is 0 Å². The molecule has 0 amide bonds. The highest BCUT2D eigenvalue weighted by Crippen LogP contribution is 2.39. The average Bonchev–Trinajstić information content (AvgIpc) is 2.99. The van der Waals surface area contributed by atoms with Gasteiger partial charge in [0.15, 0.2) is 0 Å². The van der Waals surface area contributed by atoms with E-state index in [1.54, 1.807) is 0 Å². The molecule has 0 radical (unpaired) electrons. The summed E-state index contributed by atoms with van der Waals surface area (Å²) in [4.78, 5) is 0. The highest BCUT2D eigenvalue weighted by Gasteiger charge is 2.30. The van der Waals surface area contributed by atoms with Gasteiger partial charge < -0.3 is 0 Å². The second-order valence-electron chi connectivity index (χ2n) is 13.7. The zero-order valence-electron chi connectivity index (χ0n) is 32.6. The van der Waals surface area contributed by atoms with E-state index in [9.17, 15) is 0 Å². The minimum absolute atomic E-state index is 0.769. The lowest BCUT2D eigenvalue weighted by Crippen LogP contribution is -2.29. The lowest BCUT2D eigenvalue weighted by molar-refractivity contribution is 0.120. The molecule has 2 fully saturated rings. The van der Waals surface area contributed by atoms with Crippen LogP contribution >= 0.6 is 0 Å². The Hall–Kier alpha value is -1.04. The van der Waals surface area contributed by atoms with Crippen molar-refractivity contribution in [3.63, 3.8) is 0 Å². The lowest BCUT2D eigenvalue weighted by Gasteiger charge is -2.38. The van der Waals surface area contributed by atoms with Gasteiger partial charge in [-0.15, -0.1) is 0 Å². The second-order valence-corrected chi connectivity index (χ2v) is 13.7. The van der Waals surface area contributed by atoms with Crippen LogP contribution < -0.4 is 0 Å². The normalized spacial score (nSPS) is 27.2. The van der Waals surface area contributed by atoms with Crippen molar-refractivity contribution in [3.05, 3.63) is 48.6 Å². The molecule has 0 spiro atoms. The Morgan fingerprint density at radius 2 is 0.571 bits per heavy atom. The molecule has 0 bridgehead atoms. The van der Waals surface area contributed by atoms with Crippen molar-refractivity contribution < 1.29 is 0 Å². The smallest absolute Gasteiger partial charge is 0.0265 e. The molecule has 2 saturated carbocycles. The first-order chi connectivity index (χ1) is 19.7. The Labute approximate surface area is 270 Å². The Morgan fingerprint density at radius 3 is 0.595 bits per heavy atom. The van der Waals surface area contributed by atoms with Gasteiger partial charge in [-0.05, 0) is 99.7 Å². The minimum Gasteiger partial charge on any atom is -0.0914 e. The fraction of sp³-hybridized carbons (Fsp3) is 0.810. The molecule has 2 aliphatic carbocycles. The van der Waals surface area contributed by atoms with E-state index >= 15 is 0 Å². The van der Waals surface area contributed by atoms with Gasteiger partial charge in [0.25, 0.3) is 0 Å². The van der Waals surface area contributed by atoms with Crippen LogP contribution in [0, 0.1) is 59.2 Å². The largest absolute Gasteiger partial charge is 0.0914 e. The van der Waals surface area contributed by atoms with Crippen LogP contribution in [0.4, 0.5) is 0 Å². The first-order valence-electron chi connectivity index (χ1n) is 18.2. The zero-order valence-corrected chi connectivity index (χ0v) is 32.6. The Morgan fingerprint density at radius 1 is 0.405 bits per heavy atom. The monoisotopic (exact) mass is 589 g/mol. The number of allylic oxidation sites excluding steroid dienone is 8. The second kappa shape index (κ2) is 32.9. The Kier molecular flexibility index (Phi) is 37.5. The predicted molar refractivity (Wildman–Crippen MR) is 201 cm³/mol. The highest BCUT2D eigenvalue weighted by atomic mass is 14.4. The van der Waals surface area contributed by atoms with E-state index in [4.69, 9.17) is 0 Å². The minimum atomic E-state index is 0.769. The van der Waals surface area contributed by atoms with E-state index in [-0.39, 0.29) is 0 Å². The van der Waals surface area contributed by atoms with E-state index in [0.717, 1.165) is 59.2 Å². The standard InChI is InChI=1S/6C7H14/c2*1-5-4-6(2)7(5)3;4*1-4-6-7(3)5-2/h2*5-7H,4H2,1-3H3;4*4,6-7H,5H2,1-3H3. The highest BCUT2D eigenvalue weighted by molar-refractivity contribution is 4.83. The average molecular weight is 589 g/mol. The predicted octanol–water partition coefficient (Wildman–Crippen LogP) is 15.0. The summed E-state index contributed by atoms with van der Waals surface area (Å²) in [6.07, 6.45) is 25.2. The summed E-state index contributed by atoms with van der Waals surface area (Å²) in [5.41, 5.74) is 0. The molecule has 252 valence electrons. The van der Waals surface area contributed by atoms with Crippen LogP contribution in [-0.4, -0.2) is 0 Å². The molecule has 42 heavy (non-hydrogen) atoms. The van der Waals surface area contributed by atoms with Crippen LogP contribution in [0.15, 0.2) is 48.6 Å². The van der Waals surface area contributed by atoms with Gasteiger partial charge in [-0.2, -0.15) is 0 Å². The van der Waals surface area contributed by atoms with Gasteiger partial charge in [-0.25, -0.2) is 0 Å². The van der Waals surface area contributed by atoms with E-state index in [0.29, 0.717) is 0 Å². The van der Waals surface area contributed by atoms with Gasteiger partial charge in [0, 0.05) is 0 Å². The molecule has 2 aliphatic rings. The van der Waals surface area contributed by atoms with Gasteiger partial charge in [0.1, 0.15) is 0 Å². The molecule has 0 aliphatic heterocycles. The quantitative estimate of drug-likeness (QED) is 0.247. The molecule has 0 saturated heterocycles. The van der Waals surface area contributed by atoms with Crippen molar-refractivity contribution in [2.24, 2.45) is 59.2 Å². The first-order valence-corrected chi connectivity index (χ1v) is 18.2. The summed E-state index contributed by atoms with van der Waals surface area (Å²) < 4.78 is 0. The van der Waals surface area contributed by atoms with Crippen LogP contribution in [-0.2, 0) is 0 Å². The molecule has 0 aromatic heterocycles. The molecule has 0 aromatic carbocycles. The summed E-state index contributed by atoms with van der Waals surface area (Å²) in [5.74, 6) is 9.11. The summed E-state index contributed by atoms with van der Waals surface area (Å²) in [7, 11) is 0. The number of hydrogen-bond acceptors (Lipinski definition) is 0. The fourth-order valence-corrected chi connectivity index (χ4v) is 4.62. The summed E-state index contributed by atoms with van der Waals surface area (Å²) in [5, 5.41) is 0. The van der Waals surface area contributed by atoms with Gasteiger partial charge in [-0.1, -0.05) is 171 Å². The third-order valence-electron chi connectivity index (χ3n) is 9.74. The maximum Gasteiger partial charge on any atom is -0.0265 e. The first kappa shape index (κ1) is 47.9. The van der Waals surface area contributed by atoms with E-state index in [1.807, 2.05) is 0 Å². The molecule has 0 heterocycles. The third kappa shape index (κ3) is 30.4. The molecule has 8 atom stereocenters. The van der Waals surface area contributed by atoms with Gasteiger partial charge in [0.05, 0.1) is 0 Å². The van der Waals surface area contributed by atoms with E-state index < -0.39 is 0 Å². The van der Waals surface area contributed by atoms with Crippen LogP contribution in [0.5, 0.6) is 0 Å². The Balaban J connectivity index is -0.000000206. The van der Waals surface area contributed by atoms with E-state index in [2.05, 4.69) is 173 Å². The molecular weight excluding hydrogens is 504 g/mol. The maximum absolute atomic E-state index is 2.35. The number of rotatable bonds is 8.